The van der Waals surface area contributed by atoms with Gasteiger partial charge in [-0.1, -0.05) is 34.8 Å². The molecule has 1 aromatic rings. The summed E-state index contributed by atoms with van der Waals surface area (Å²) in [5, 5.41) is 11.1. The van der Waals surface area contributed by atoms with Crippen LogP contribution in [-0.4, -0.2) is 43.6 Å². The van der Waals surface area contributed by atoms with Crippen molar-refractivity contribution in [3.63, 3.8) is 0 Å². The van der Waals surface area contributed by atoms with Gasteiger partial charge < -0.3 is 20.1 Å². The number of nitrogens with zero attached hydrogens (tertiary/aromatic N) is 1. The number of nitrogens with one attached hydrogen (secondary N) is 2. The molecule has 0 aromatic carbocycles. The maximum absolute atomic E-state index is 11.3. The molecule has 0 aliphatic rings. The largest absolute Gasteiger partial charge is 0.480 e. The van der Waals surface area contributed by atoms with Crippen LogP contribution in [0.5, 0.6) is 0 Å². The van der Waals surface area contributed by atoms with E-state index in [1.807, 2.05) is 0 Å². The molecule has 19 heavy (non-hydrogen) atoms. The smallest absolute Gasteiger partial charge is 0.408 e. The molecule has 0 bridgehead atoms. The van der Waals surface area contributed by atoms with Crippen molar-refractivity contribution < 1.29 is 19.4 Å². The Labute approximate surface area is 123 Å². The molecule has 10 heteroatoms. The molecule has 3 N–H and O–H groups in total. The monoisotopic (exact) mass is 329 g/mol. The van der Waals surface area contributed by atoms with Crippen molar-refractivity contribution in [3.8, 4) is 0 Å². The van der Waals surface area contributed by atoms with E-state index in [-0.39, 0.29) is 6.42 Å². The van der Waals surface area contributed by atoms with Gasteiger partial charge in [-0.15, -0.1) is 0 Å². The van der Waals surface area contributed by atoms with Gasteiger partial charge in [0.15, 0.2) is 0 Å². The number of aliphatic carboxylic acids is 1. The molecule has 1 amide bonds. The third-order valence-electron chi connectivity index (χ3n) is 1.93. The first kappa shape index (κ1) is 15.9. The first-order chi connectivity index (χ1) is 8.78. The summed E-state index contributed by atoms with van der Waals surface area (Å²) in [5.74, 6) is -1.23. The van der Waals surface area contributed by atoms with E-state index in [2.05, 4.69) is 20.0 Å². The number of amides is 1. The number of alkyl carbamates (subject to hydrolysis) is 1. The van der Waals surface area contributed by atoms with Crippen LogP contribution in [0.2, 0.25) is 0 Å². The predicted octanol–water partition coefficient (Wildman–Crippen LogP) is 1.50. The molecule has 0 aliphatic carbocycles. The molecular formula is C9H10Cl3N3O4. The van der Waals surface area contributed by atoms with Crippen LogP contribution < -0.4 is 5.32 Å². The van der Waals surface area contributed by atoms with Crippen LogP contribution in [-0.2, 0) is 16.0 Å². The summed E-state index contributed by atoms with van der Waals surface area (Å²) in [6.07, 6.45) is 1.93. The van der Waals surface area contributed by atoms with Crippen LogP contribution in [0.1, 0.15) is 5.69 Å². The number of carboxylic acid groups (broad SMARTS) is 1. The van der Waals surface area contributed by atoms with Gasteiger partial charge in [-0.3, -0.25) is 0 Å². The molecule has 1 rings (SSSR count). The zero-order valence-corrected chi connectivity index (χ0v) is 11.7. The lowest BCUT2D eigenvalue weighted by Crippen LogP contribution is -2.43. The zero-order chi connectivity index (χ0) is 14.5. The second kappa shape index (κ2) is 6.83. The molecule has 1 atom stereocenters. The van der Waals surface area contributed by atoms with Crippen LogP contribution in [0.3, 0.4) is 0 Å². The number of carbonyl (C=O) groups excluding carboxylic acids is 1. The molecule has 1 heterocycles. The lowest BCUT2D eigenvalue weighted by molar-refractivity contribution is -0.139. The van der Waals surface area contributed by atoms with Crippen molar-refractivity contribution in [3.05, 3.63) is 18.2 Å². The average molecular weight is 331 g/mol. The Bertz CT molecular complexity index is 432. The van der Waals surface area contributed by atoms with Crippen molar-refractivity contribution in [1.29, 1.82) is 0 Å². The van der Waals surface area contributed by atoms with Crippen LogP contribution in [0, 0.1) is 0 Å². The molecule has 1 aromatic heterocycles. The summed E-state index contributed by atoms with van der Waals surface area (Å²) in [5.41, 5.74) is 0.481. The molecule has 0 saturated carbocycles. The second-order valence-electron chi connectivity index (χ2n) is 3.49. The molecule has 0 unspecified atom stereocenters. The first-order valence-corrected chi connectivity index (χ1v) is 6.12. The highest BCUT2D eigenvalue weighted by Gasteiger charge is 2.25. The van der Waals surface area contributed by atoms with Gasteiger partial charge >= 0.3 is 12.1 Å². The molecular weight excluding hydrogens is 320 g/mol. The molecule has 0 fully saturated rings. The lowest BCUT2D eigenvalue weighted by atomic mass is 10.2. The van der Waals surface area contributed by atoms with Crippen molar-refractivity contribution in [2.24, 2.45) is 0 Å². The minimum absolute atomic E-state index is 0.00169. The van der Waals surface area contributed by atoms with E-state index in [1.54, 1.807) is 0 Å². The minimum atomic E-state index is -1.75. The van der Waals surface area contributed by atoms with Gasteiger partial charge in [0.2, 0.25) is 3.79 Å². The van der Waals surface area contributed by atoms with Crippen LogP contribution in [0.4, 0.5) is 4.79 Å². The number of rotatable bonds is 5. The Balaban J connectivity index is 2.49. The normalized spacial score (nSPS) is 12.8. The fourth-order valence-corrected chi connectivity index (χ4v) is 1.31. The van der Waals surface area contributed by atoms with Gasteiger partial charge in [-0.25, -0.2) is 14.6 Å². The van der Waals surface area contributed by atoms with E-state index >= 15 is 0 Å². The van der Waals surface area contributed by atoms with E-state index < -0.39 is 28.5 Å². The topological polar surface area (TPSA) is 104 Å². The number of carbonyl (C=O) groups is 2. The average Bonchev–Trinajstić information content (AvgIpc) is 2.77. The number of imidazole rings is 1. The number of aromatic amines is 1. The number of alkyl halides is 3. The van der Waals surface area contributed by atoms with Crippen molar-refractivity contribution in [2.75, 3.05) is 6.61 Å². The van der Waals surface area contributed by atoms with Crippen LogP contribution >= 0.6 is 34.8 Å². The number of aromatic nitrogens is 2. The molecule has 7 nitrogen and oxygen atoms in total. The quantitative estimate of drug-likeness (QED) is 0.710. The lowest BCUT2D eigenvalue weighted by Gasteiger charge is -2.15. The summed E-state index contributed by atoms with van der Waals surface area (Å²) in [6, 6.07) is -1.19. The summed E-state index contributed by atoms with van der Waals surface area (Å²) in [6.45, 7) is -0.488. The number of ether oxygens (including phenoxy) is 1. The van der Waals surface area contributed by atoms with E-state index in [0.717, 1.165) is 0 Å². The Morgan fingerprint density at radius 2 is 2.21 bits per heavy atom. The fourth-order valence-electron chi connectivity index (χ4n) is 1.14. The van der Waals surface area contributed by atoms with Gasteiger partial charge in [-0.05, 0) is 0 Å². The Kier molecular flexibility index (Phi) is 5.71. The minimum Gasteiger partial charge on any atom is -0.480 e. The van der Waals surface area contributed by atoms with Gasteiger partial charge in [-0.2, -0.15) is 0 Å². The highest BCUT2D eigenvalue weighted by Crippen LogP contribution is 2.25. The number of hydrogen-bond donors (Lipinski definition) is 3. The second-order valence-corrected chi connectivity index (χ2v) is 6.01. The van der Waals surface area contributed by atoms with E-state index in [4.69, 9.17) is 39.9 Å². The van der Waals surface area contributed by atoms with E-state index in [0.29, 0.717) is 5.69 Å². The molecule has 0 spiro atoms. The number of halogens is 3. The van der Waals surface area contributed by atoms with E-state index in [1.165, 1.54) is 12.5 Å². The Morgan fingerprint density at radius 1 is 1.53 bits per heavy atom. The third-order valence-corrected chi connectivity index (χ3v) is 2.25. The Hall–Kier alpha value is -1.18. The van der Waals surface area contributed by atoms with Gasteiger partial charge in [0, 0.05) is 12.6 Å². The van der Waals surface area contributed by atoms with Crippen LogP contribution in [0.25, 0.3) is 0 Å². The number of H-pyrrole nitrogens is 1. The fraction of sp³-hybridized carbons (Fsp3) is 0.444. The van der Waals surface area contributed by atoms with Crippen molar-refractivity contribution in [1.82, 2.24) is 15.3 Å². The summed E-state index contributed by atoms with van der Waals surface area (Å²) in [4.78, 5) is 28.8. The number of carboxylic acids is 1. The maximum Gasteiger partial charge on any atom is 0.408 e. The summed E-state index contributed by atoms with van der Waals surface area (Å²) >= 11 is 16.2. The summed E-state index contributed by atoms with van der Waals surface area (Å²) < 4.78 is 2.82. The van der Waals surface area contributed by atoms with Gasteiger partial charge in [0.05, 0.1) is 12.0 Å². The van der Waals surface area contributed by atoms with Gasteiger partial charge in [0.1, 0.15) is 12.6 Å². The molecule has 0 saturated heterocycles. The highest BCUT2D eigenvalue weighted by molar-refractivity contribution is 6.67. The highest BCUT2D eigenvalue weighted by atomic mass is 35.6. The maximum atomic E-state index is 11.3. The predicted molar refractivity (Wildman–Crippen MR) is 68.5 cm³/mol. The Morgan fingerprint density at radius 3 is 2.68 bits per heavy atom. The van der Waals surface area contributed by atoms with Crippen molar-refractivity contribution >= 4 is 46.9 Å². The molecule has 0 aliphatic heterocycles. The van der Waals surface area contributed by atoms with Crippen LogP contribution in [0.15, 0.2) is 12.5 Å². The molecule has 106 valence electrons. The first-order valence-electron chi connectivity index (χ1n) is 4.98. The zero-order valence-electron chi connectivity index (χ0n) is 9.40. The van der Waals surface area contributed by atoms with E-state index in [9.17, 15) is 9.59 Å². The summed E-state index contributed by atoms with van der Waals surface area (Å²) in [7, 11) is 0. The third kappa shape index (κ3) is 6.51. The SMILES string of the molecule is O=C(N[C@@H](Cc1c[nH]cn1)C(=O)O)OCC(Cl)(Cl)Cl. The number of hydrogen-bond acceptors (Lipinski definition) is 4. The standard InChI is InChI=1S/C9H10Cl3N3O4/c10-9(11,12)3-19-8(18)15-6(7(16)17)1-5-2-13-4-14-5/h2,4,6H,1,3H2,(H,13,14)(H,15,18)(H,16,17)/t6-/m0/s1. The van der Waals surface area contributed by atoms with Crippen molar-refractivity contribution in [2.45, 2.75) is 16.3 Å². The van der Waals surface area contributed by atoms with Gasteiger partial charge in [0.25, 0.3) is 0 Å². The molecule has 0 radical (unpaired) electrons.